The summed E-state index contributed by atoms with van der Waals surface area (Å²) in [7, 11) is 1.67. The molecule has 0 bridgehead atoms. The van der Waals surface area contributed by atoms with E-state index in [1.54, 1.807) is 32.4 Å². The summed E-state index contributed by atoms with van der Waals surface area (Å²) in [5.74, 6) is 0.394. The van der Waals surface area contributed by atoms with Crippen LogP contribution in [0.25, 0.3) is 11.4 Å². The van der Waals surface area contributed by atoms with Crippen LogP contribution in [0.1, 0.15) is 11.3 Å². The summed E-state index contributed by atoms with van der Waals surface area (Å²) in [6.45, 7) is 3.81. The van der Waals surface area contributed by atoms with E-state index in [-0.39, 0.29) is 5.82 Å². The first-order valence-corrected chi connectivity index (χ1v) is 6.49. The molecule has 1 aromatic heterocycles. The zero-order valence-corrected chi connectivity index (χ0v) is 11.7. The zero-order chi connectivity index (χ0) is 14.4. The lowest BCUT2D eigenvalue weighted by Gasteiger charge is -2.06. The standard InChI is InChI=1S/C15H18FN3O/c1-11-9-12(3-4-14(11)16)15-18-6-5-13(19-15)10-17-7-8-20-2/h3-6,9,17H,7-8,10H2,1-2H3. The van der Waals surface area contributed by atoms with Gasteiger partial charge in [-0.25, -0.2) is 14.4 Å². The summed E-state index contributed by atoms with van der Waals surface area (Å²) in [6, 6.07) is 6.75. The number of hydrogen-bond donors (Lipinski definition) is 1. The molecule has 0 aliphatic carbocycles. The van der Waals surface area contributed by atoms with E-state index in [2.05, 4.69) is 15.3 Å². The van der Waals surface area contributed by atoms with Gasteiger partial charge in [-0.3, -0.25) is 0 Å². The second-order valence-electron chi connectivity index (χ2n) is 4.51. The van der Waals surface area contributed by atoms with Gasteiger partial charge in [0.1, 0.15) is 5.82 Å². The minimum atomic E-state index is -0.217. The van der Waals surface area contributed by atoms with Crippen LogP contribution in [-0.4, -0.2) is 30.2 Å². The Morgan fingerprint density at radius 1 is 1.30 bits per heavy atom. The predicted octanol–water partition coefficient (Wildman–Crippen LogP) is 2.33. The van der Waals surface area contributed by atoms with Crippen molar-refractivity contribution < 1.29 is 9.13 Å². The van der Waals surface area contributed by atoms with Crippen LogP contribution in [0.15, 0.2) is 30.5 Å². The molecule has 0 radical (unpaired) electrons. The maximum absolute atomic E-state index is 13.3. The fourth-order valence-electron chi connectivity index (χ4n) is 1.81. The van der Waals surface area contributed by atoms with Gasteiger partial charge in [0.2, 0.25) is 0 Å². The Bertz CT molecular complexity index is 575. The summed E-state index contributed by atoms with van der Waals surface area (Å²) in [5, 5.41) is 3.23. The molecule has 2 rings (SSSR count). The Balaban J connectivity index is 2.10. The molecule has 5 heteroatoms. The number of nitrogens with one attached hydrogen (secondary N) is 1. The van der Waals surface area contributed by atoms with Crippen molar-refractivity contribution in [3.05, 3.63) is 47.5 Å². The van der Waals surface area contributed by atoms with Crippen LogP contribution in [0.3, 0.4) is 0 Å². The maximum atomic E-state index is 13.3. The van der Waals surface area contributed by atoms with E-state index < -0.39 is 0 Å². The molecule has 20 heavy (non-hydrogen) atoms. The third-order valence-electron chi connectivity index (χ3n) is 2.92. The van der Waals surface area contributed by atoms with E-state index in [1.165, 1.54) is 6.07 Å². The van der Waals surface area contributed by atoms with Gasteiger partial charge >= 0.3 is 0 Å². The lowest BCUT2D eigenvalue weighted by atomic mass is 10.1. The second kappa shape index (κ2) is 7.07. The van der Waals surface area contributed by atoms with Crippen molar-refractivity contribution in [1.29, 1.82) is 0 Å². The summed E-state index contributed by atoms with van der Waals surface area (Å²) in [5.41, 5.74) is 2.31. The molecule has 0 atom stereocenters. The van der Waals surface area contributed by atoms with Gasteiger partial charge in [-0.05, 0) is 36.8 Å². The Morgan fingerprint density at radius 3 is 2.90 bits per heavy atom. The van der Waals surface area contributed by atoms with Gasteiger partial charge in [-0.15, -0.1) is 0 Å². The summed E-state index contributed by atoms with van der Waals surface area (Å²) in [4.78, 5) is 8.71. The molecule has 1 N–H and O–H groups in total. The molecule has 0 saturated heterocycles. The molecule has 1 heterocycles. The number of halogens is 1. The minimum Gasteiger partial charge on any atom is -0.383 e. The third kappa shape index (κ3) is 3.82. The molecule has 4 nitrogen and oxygen atoms in total. The second-order valence-corrected chi connectivity index (χ2v) is 4.51. The number of hydrogen-bond acceptors (Lipinski definition) is 4. The number of rotatable bonds is 6. The molecular weight excluding hydrogens is 257 g/mol. The Kier molecular flexibility index (Phi) is 5.15. The van der Waals surface area contributed by atoms with Crippen molar-refractivity contribution in [2.24, 2.45) is 0 Å². The van der Waals surface area contributed by atoms with E-state index in [4.69, 9.17) is 4.74 Å². The van der Waals surface area contributed by atoms with E-state index in [9.17, 15) is 4.39 Å². The Labute approximate surface area is 118 Å². The highest BCUT2D eigenvalue weighted by Crippen LogP contribution is 2.18. The molecule has 0 amide bonds. The molecule has 0 aliphatic heterocycles. The molecule has 106 valence electrons. The molecular formula is C15H18FN3O. The predicted molar refractivity (Wildman–Crippen MR) is 75.7 cm³/mol. The SMILES string of the molecule is COCCNCc1ccnc(-c2ccc(F)c(C)c2)n1. The topological polar surface area (TPSA) is 47.0 Å². The minimum absolute atomic E-state index is 0.217. The van der Waals surface area contributed by atoms with Crippen molar-refractivity contribution in [2.75, 3.05) is 20.3 Å². The van der Waals surface area contributed by atoms with Gasteiger partial charge in [-0.1, -0.05) is 0 Å². The average molecular weight is 275 g/mol. The molecule has 1 aromatic carbocycles. The molecule has 0 saturated carbocycles. The Morgan fingerprint density at radius 2 is 2.15 bits per heavy atom. The normalized spacial score (nSPS) is 10.8. The highest BCUT2D eigenvalue weighted by atomic mass is 19.1. The van der Waals surface area contributed by atoms with Crippen molar-refractivity contribution in [3.8, 4) is 11.4 Å². The molecule has 0 spiro atoms. The number of ether oxygens (including phenoxy) is 1. The number of nitrogens with zero attached hydrogens (tertiary/aromatic N) is 2. The number of aromatic nitrogens is 2. The van der Waals surface area contributed by atoms with Crippen LogP contribution < -0.4 is 5.32 Å². The molecule has 0 aliphatic rings. The number of methoxy groups -OCH3 is 1. The van der Waals surface area contributed by atoms with Gasteiger partial charge in [0.05, 0.1) is 12.3 Å². The van der Waals surface area contributed by atoms with Gasteiger partial charge < -0.3 is 10.1 Å². The summed E-state index contributed by atoms with van der Waals surface area (Å²) in [6.07, 6.45) is 1.72. The average Bonchev–Trinajstić information content (AvgIpc) is 2.47. The van der Waals surface area contributed by atoms with E-state index in [0.717, 1.165) is 17.8 Å². The smallest absolute Gasteiger partial charge is 0.159 e. The first-order chi connectivity index (χ1) is 9.70. The summed E-state index contributed by atoms with van der Waals surface area (Å²) < 4.78 is 18.2. The van der Waals surface area contributed by atoms with E-state index >= 15 is 0 Å². The Hall–Kier alpha value is -1.85. The van der Waals surface area contributed by atoms with Gasteiger partial charge in [0.25, 0.3) is 0 Å². The fraction of sp³-hybridized carbons (Fsp3) is 0.333. The summed E-state index contributed by atoms with van der Waals surface area (Å²) >= 11 is 0. The zero-order valence-electron chi connectivity index (χ0n) is 11.7. The van der Waals surface area contributed by atoms with E-state index in [0.29, 0.717) is 24.5 Å². The number of benzene rings is 1. The first-order valence-electron chi connectivity index (χ1n) is 6.49. The fourth-order valence-corrected chi connectivity index (χ4v) is 1.81. The number of aryl methyl sites for hydroxylation is 1. The van der Waals surface area contributed by atoms with Crippen LogP contribution in [0, 0.1) is 12.7 Å². The van der Waals surface area contributed by atoms with Gasteiger partial charge in [0, 0.05) is 32.0 Å². The maximum Gasteiger partial charge on any atom is 0.159 e. The van der Waals surface area contributed by atoms with Crippen molar-refractivity contribution in [3.63, 3.8) is 0 Å². The van der Waals surface area contributed by atoms with Crippen LogP contribution in [0.4, 0.5) is 4.39 Å². The van der Waals surface area contributed by atoms with Crippen molar-refractivity contribution in [1.82, 2.24) is 15.3 Å². The van der Waals surface area contributed by atoms with Crippen LogP contribution in [-0.2, 0) is 11.3 Å². The molecule has 0 unspecified atom stereocenters. The quantitative estimate of drug-likeness (QED) is 0.822. The molecule has 2 aromatic rings. The van der Waals surface area contributed by atoms with Crippen molar-refractivity contribution >= 4 is 0 Å². The monoisotopic (exact) mass is 275 g/mol. The molecule has 0 fully saturated rings. The lowest BCUT2D eigenvalue weighted by Crippen LogP contribution is -2.19. The van der Waals surface area contributed by atoms with Crippen LogP contribution in [0.2, 0.25) is 0 Å². The van der Waals surface area contributed by atoms with Gasteiger partial charge in [-0.2, -0.15) is 0 Å². The van der Waals surface area contributed by atoms with Crippen molar-refractivity contribution in [2.45, 2.75) is 13.5 Å². The van der Waals surface area contributed by atoms with Crippen LogP contribution in [0.5, 0.6) is 0 Å². The highest BCUT2D eigenvalue weighted by Gasteiger charge is 2.05. The lowest BCUT2D eigenvalue weighted by molar-refractivity contribution is 0.199. The van der Waals surface area contributed by atoms with Gasteiger partial charge in [0.15, 0.2) is 5.82 Å². The highest BCUT2D eigenvalue weighted by molar-refractivity contribution is 5.56. The first kappa shape index (κ1) is 14.6. The van der Waals surface area contributed by atoms with E-state index in [1.807, 2.05) is 6.07 Å². The largest absolute Gasteiger partial charge is 0.383 e. The third-order valence-corrected chi connectivity index (χ3v) is 2.92. The van der Waals surface area contributed by atoms with Crippen LogP contribution >= 0.6 is 0 Å².